The van der Waals surface area contributed by atoms with Gasteiger partial charge in [0.25, 0.3) is 0 Å². The third kappa shape index (κ3) is 4.98. The third-order valence-corrected chi connectivity index (χ3v) is 4.59. The van der Waals surface area contributed by atoms with Crippen LogP contribution in [0.4, 0.5) is 5.82 Å². The highest BCUT2D eigenvalue weighted by Crippen LogP contribution is 2.30. The molecule has 2 fully saturated rings. The van der Waals surface area contributed by atoms with Crippen LogP contribution in [0.1, 0.15) is 38.5 Å². The molecule has 7 heteroatoms. The summed E-state index contributed by atoms with van der Waals surface area (Å²) in [5.41, 5.74) is 0. The van der Waals surface area contributed by atoms with Crippen molar-refractivity contribution in [2.45, 2.75) is 49.6 Å². The van der Waals surface area contributed by atoms with Crippen LogP contribution in [-0.4, -0.2) is 33.8 Å². The van der Waals surface area contributed by atoms with Crippen LogP contribution in [0.2, 0.25) is 0 Å². The Morgan fingerprint density at radius 2 is 2.00 bits per heavy atom. The van der Waals surface area contributed by atoms with Crippen LogP contribution < -0.4 is 10.6 Å². The molecular formula is C15H20N4O2S. The summed E-state index contributed by atoms with van der Waals surface area (Å²) in [5.74, 6) is 1.69. The molecule has 1 aromatic heterocycles. The van der Waals surface area contributed by atoms with Gasteiger partial charge in [-0.1, -0.05) is 0 Å². The van der Waals surface area contributed by atoms with E-state index < -0.39 is 0 Å². The summed E-state index contributed by atoms with van der Waals surface area (Å²) < 4.78 is 0. The van der Waals surface area contributed by atoms with Gasteiger partial charge in [0.1, 0.15) is 5.03 Å². The molecule has 0 unspecified atom stereocenters. The van der Waals surface area contributed by atoms with Gasteiger partial charge in [0, 0.05) is 24.1 Å². The van der Waals surface area contributed by atoms with E-state index in [1.54, 1.807) is 17.8 Å². The second-order valence-electron chi connectivity index (χ2n) is 5.81. The highest BCUT2D eigenvalue weighted by atomic mass is 32.2. The van der Waals surface area contributed by atoms with Crippen molar-refractivity contribution < 1.29 is 9.59 Å². The van der Waals surface area contributed by atoms with Crippen molar-refractivity contribution in [2.24, 2.45) is 5.92 Å². The lowest BCUT2D eigenvalue weighted by Gasteiger charge is -2.04. The maximum Gasteiger partial charge on any atom is 0.228 e. The molecule has 1 heterocycles. The van der Waals surface area contributed by atoms with Crippen LogP contribution in [0.15, 0.2) is 17.2 Å². The van der Waals surface area contributed by atoms with E-state index in [4.69, 9.17) is 0 Å². The zero-order valence-electron chi connectivity index (χ0n) is 12.4. The Morgan fingerprint density at radius 3 is 2.64 bits per heavy atom. The number of carbonyl (C=O) groups excluding carboxylic acids is 2. The normalized spacial score (nSPS) is 17.1. The smallest absolute Gasteiger partial charge is 0.228 e. The monoisotopic (exact) mass is 320 g/mol. The summed E-state index contributed by atoms with van der Waals surface area (Å²) in [5, 5.41) is 14.6. The molecule has 0 aromatic carbocycles. The Balaban J connectivity index is 1.33. The third-order valence-electron chi connectivity index (χ3n) is 3.58. The van der Waals surface area contributed by atoms with Crippen LogP contribution in [0.3, 0.4) is 0 Å². The van der Waals surface area contributed by atoms with Gasteiger partial charge < -0.3 is 10.6 Å². The van der Waals surface area contributed by atoms with Gasteiger partial charge in [0.15, 0.2) is 5.82 Å². The molecule has 0 aliphatic heterocycles. The van der Waals surface area contributed by atoms with E-state index in [1.165, 1.54) is 0 Å². The minimum Gasteiger partial charge on any atom is -0.353 e. The highest BCUT2D eigenvalue weighted by Gasteiger charge is 2.29. The Kier molecular flexibility index (Phi) is 4.92. The van der Waals surface area contributed by atoms with E-state index in [-0.39, 0.29) is 17.7 Å². The van der Waals surface area contributed by atoms with E-state index in [0.717, 1.165) is 42.9 Å². The summed E-state index contributed by atoms with van der Waals surface area (Å²) in [6.45, 7) is 0. The Morgan fingerprint density at radius 1 is 1.18 bits per heavy atom. The summed E-state index contributed by atoms with van der Waals surface area (Å²) in [6, 6.07) is 4.06. The van der Waals surface area contributed by atoms with Crippen LogP contribution in [0, 0.1) is 5.92 Å². The molecule has 118 valence electrons. The van der Waals surface area contributed by atoms with Crippen molar-refractivity contribution in [3.8, 4) is 0 Å². The summed E-state index contributed by atoms with van der Waals surface area (Å²) in [4.78, 5) is 23.1. The lowest BCUT2D eigenvalue weighted by Crippen LogP contribution is -2.24. The predicted octanol–water partition coefficient (Wildman–Crippen LogP) is 1.98. The summed E-state index contributed by atoms with van der Waals surface area (Å²) in [6.07, 6.45) is 5.58. The van der Waals surface area contributed by atoms with Crippen molar-refractivity contribution in [2.75, 3.05) is 11.1 Å². The minimum atomic E-state index is 0.0383. The molecule has 2 aliphatic carbocycles. The van der Waals surface area contributed by atoms with E-state index in [0.29, 0.717) is 18.3 Å². The van der Waals surface area contributed by atoms with Crippen LogP contribution in [-0.2, 0) is 9.59 Å². The molecule has 1 aromatic rings. The number of carbonyl (C=O) groups is 2. The van der Waals surface area contributed by atoms with Crippen LogP contribution in [0.5, 0.6) is 0 Å². The molecule has 3 rings (SSSR count). The van der Waals surface area contributed by atoms with E-state index >= 15 is 0 Å². The maximum atomic E-state index is 11.6. The van der Waals surface area contributed by atoms with Gasteiger partial charge in [-0.05, 0) is 44.2 Å². The molecule has 2 aliphatic rings. The lowest BCUT2D eigenvalue weighted by molar-refractivity contribution is -0.121. The second kappa shape index (κ2) is 7.09. The number of nitrogens with one attached hydrogen (secondary N) is 2. The summed E-state index contributed by atoms with van der Waals surface area (Å²) in [7, 11) is 0. The van der Waals surface area contributed by atoms with Gasteiger partial charge in [-0.15, -0.1) is 22.0 Å². The van der Waals surface area contributed by atoms with Crippen LogP contribution >= 0.6 is 11.8 Å². The van der Waals surface area contributed by atoms with Crippen molar-refractivity contribution in [1.29, 1.82) is 0 Å². The number of nitrogens with zero attached hydrogens (tertiary/aromatic N) is 2. The standard InChI is InChI=1S/C15H20N4O2S/c20-13(16-11-5-6-11)2-1-9-22-14-8-7-12(18-19-14)17-15(21)10-3-4-10/h7-8,10-11H,1-6,9H2,(H,16,20)(H,17,18,21). The number of anilines is 1. The maximum absolute atomic E-state index is 11.6. The number of thioether (sulfide) groups is 1. The zero-order valence-corrected chi connectivity index (χ0v) is 13.2. The fourth-order valence-corrected chi connectivity index (χ4v) is 2.74. The van der Waals surface area contributed by atoms with Crippen molar-refractivity contribution in [3.63, 3.8) is 0 Å². The molecule has 0 bridgehead atoms. The number of aromatic nitrogens is 2. The molecule has 2 amide bonds. The first-order valence-corrected chi connectivity index (χ1v) is 8.76. The molecule has 0 atom stereocenters. The van der Waals surface area contributed by atoms with Gasteiger partial charge in [0.05, 0.1) is 0 Å². The molecule has 0 spiro atoms. The van der Waals surface area contributed by atoms with Gasteiger partial charge in [-0.2, -0.15) is 0 Å². The number of hydrogen-bond donors (Lipinski definition) is 2. The Labute approximate surface area is 133 Å². The number of amides is 2. The average molecular weight is 320 g/mol. The SMILES string of the molecule is O=C(CCCSc1ccc(NC(=O)C2CC2)nn1)NC1CC1. The molecule has 6 nitrogen and oxygen atoms in total. The molecule has 2 saturated carbocycles. The van der Waals surface area contributed by atoms with Gasteiger partial charge in [-0.3, -0.25) is 9.59 Å². The Bertz CT molecular complexity index is 541. The molecular weight excluding hydrogens is 300 g/mol. The van der Waals surface area contributed by atoms with Crippen LogP contribution in [0.25, 0.3) is 0 Å². The minimum absolute atomic E-state index is 0.0383. The first-order chi connectivity index (χ1) is 10.7. The number of hydrogen-bond acceptors (Lipinski definition) is 5. The summed E-state index contributed by atoms with van der Waals surface area (Å²) >= 11 is 1.58. The van der Waals surface area contributed by atoms with Gasteiger partial charge >= 0.3 is 0 Å². The Hall–Kier alpha value is -1.63. The lowest BCUT2D eigenvalue weighted by atomic mass is 10.3. The van der Waals surface area contributed by atoms with E-state index in [1.807, 2.05) is 6.07 Å². The largest absolute Gasteiger partial charge is 0.353 e. The van der Waals surface area contributed by atoms with Crippen molar-refractivity contribution >= 4 is 29.4 Å². The molecule has 22 heavy (non-hydrogen) atoms. The first kappa shape index (κ1) is 15.3. The van der Waals surface area contributed by atoms with Crippen molar-refractivity contribution in [3.05, 3.63) is 12.1 Å². The zero-order chi connectivity index (χ0) is 15.4. The molecule has 0 saturated heterocycles. The number of rotatable bonds is 8. The van der Waals surface area contributed by atoms with E-state index in [2.05, 4.69) is 20.8 Å². The van der Waals surface area contributed by atoms with Gasteiger partial charge in [0.2, 0.25) is 11.8 Å². The van der Waals surface area contributed by atoms with Gasteiger partial charge in [-0.25, -0.2) is 0 Å². The molecule has 0 radical (unpaired) electrons. The quantitative estimate of drug-likeness (QED) is 0.565. The van der Waals surface area contributed by atoms with Crippen molar-refractivity contribution in [1.82, 2.24) is 15.5 Å². The van der Waals surface area contributed by atoms with E-state index in [9.17, 15) is 9.59 Å². The average Bonchev–Trinajstić information content (AvgIpc) is 3.37. The predicted molar refractivity (Wildman–Crippen MR) is 84.5 cm³/mol. The fourth-order valence-electron chi connectivity index (χ4n) is 1.97. The topological polar surface area (TPSA) is 84.0 Å². The molecule has 2 N–H and O–H groups in total. The highest BCUT2D eigenvalue weighted by molar-refractivity contribution is 7.99. The first-order valence-electron chi connectivity index (χ1n) is 7.77. The fraction of sp³-hybridized carbons (Fsp3) is 0.600. The second-order valence-corrected chi connectivity index (χ2v) is 6.93.